The monoisotopic (exact) mass is 561 g/mol. The van der Waals surface area contributed by atoms with Crippen molar-refractivity contribution < 1.29 is 20.4 Å². The molecule has 232 valence electrons. The number of hydrogen-bond donors (Lipinski definition) is 5. The fourth-order valence-electron chi connectivity index (χ4n) is 13.3. The SMILES string of the molecule is CC(C[C@@H](O)[C@@H](O)[C@@H](O)[C@@H](O)CN)C1CC[C@@]2(C)C1CC[C@]1(C)C2CCC2[C@@]3(C)CCCC(C)(C)C3CC[C@]21C. The lowest BCUT2D eigenvalue weighted by Gasteiger charge is -2.73. The van der Waals surface area contributed by atoms with Crippen molar-refractivity contribution in [1.82, 2.24) is 0 Å². The number of rotatable bonds is 7. The molecule has 6 unspecified atom stereocenters. The smallest absolute Gasteiger partial charge is 0.109 e. The number of aliphatic hydroxyl groups is 4. The van der Waals surface area contributed by atoms with Crippen LogP contribution >= 0.6 is 0 Å². The van der Waals surface area contributed by atoms with Gasteiger partial charge in [0.1, 0.15) is 12.2 Å². The Balaban J connectivity index is 1.34. The van der Waals surface area contributed by atoms with E-state index in [0.717, 1.165) is 17.8 Å². The van der Waals surface area contributed by atoms with Crippen LogP contribution in [0.25, 0.3) is 0 Å². The predicted molar refractivity (Wildman–Crippen MR) is 161 cm³/mol. The molecule has 14 atom stereocenters. The van der Waals surface area contributed by atoms with Gasteiger partial charge < -0.3 is 26.2 Å². The molecule has 0 saturated heterocycles. The van der Waals surface area contributed by atoms with Crippen LogP contribution in [-0.4, -0.2) is 51.4 Å². The van der Waals surface area contributed by atoms with Gasteiger partial charge in [0.25, 0.3) is 0 Å². The molecule has 0 aromatic carbocycles. The minimum absolute atomic E-state index is 0.138. The highest BCUT2D eigenvalue weighted by molar-refractivity contribution is 5.19. The molecule has 0 heterocycles. The van der Waals surface area contributed by atoms with E-state index in [0.29, 0.717) is 45.3 Å². The van der Waals surface area contributed by atoms with Crippen LogP contribution in [0.5, 0.6) is 0 Å². The Morgan fingerprint density at radius 2 is 1.23 bits per heavy atom. The molecule has 5 saturated carbocycles. The highest BCUT2D eigenvalue weighted by Gasteiger charge is 2.70. The van der Waals surface area contributed by atoms with Gasteiger partial charge in [-0.2, -0.15) is 0 Å². The zero-order valence-corrected chi connectivity index (χ0v) is 26.8. The third-order valence-electron chi connectivity index (χ3n) is 15.5. The Hall–Kier alpha value is -0.200. The highest BCUT2D eigenvalue weighted by atomic mass is 16.4. The molecule has 0 spiro atoms. The van der Waals surface area contributed by atoms with Crippen molar-refractivity contribution in [2.45, 2.75) is 150 Å². The average molecular weight is 562 g/mol. The summed E-state index contributed by atoms with van der Waals surface area (Å²) >= 11 is 0. The van der Waals surface area contributed by atoms with Gasteiger partial charge in [-0.25, -0.2) is 0 Å². The molecule has 0 aromatic heterocycles. The molecule has 5 aliphatic carbocycles. The summed E-state index contributed by atoms with van der Waals surface area (Å²) in [6.07, 6.45) is 10.2. The van der Waals surface area contributed by atoms with Gasteiger partial charge in [0.15, 0.2) is 0 Å². The van der Waals surface area contributed by atoms with Gasteiger partial charge in [0.2, 0.25) is 0 Å². The first-order valence-electron chi connectivity index (χ1n) is 17.0. The number of hydrogen-bond acceptors (Lipinski definition) is 5. The van der Waals surface area contributed by atoms with Crippen molar-refractivity contribution >= 4 is 0 Å². The van der Waals surface area contributed by atoms with Crippen LogP contribution in [0.4, 0.5) is 0 Å². The standard InChI is InChI=1S/C35H63NO4/c1-21(19-24(37)29(39)30(40)25(38)20-36)22-11-16-32(4)23(22)12-17-34(6)27(32)9-10-28-33(5)15-8-14-31(2,3)26(33)13-18-35(28,34)7/h21-30,37-40H,8-20,36H2,1-7H3/t21?,22?,23?,24-,25+,26?,27?,28?,29-,30+,32+,33+,34-,35-/m1/s1. The van der Waals surface area contributed by atoms with Crippen molar-refractivity contribution in [1.29, 1.82) is 0 Å². The number of fused-ring (bicyclic) bond motifs is 7. The Morgan fingerprint density at radius 3 is 1.85 bits per heavy atom. The van der Waals surface area contributed by atoms with Crippen LogP contribution in [0.1, 0.15) is 126 Å². The van der Waals surface area contributed by atoms with E-state index >= 15 is 0 Å². The van der Waals surface area contributed by atoms with E-state index in [1.165, 1.54) is 70.6 Å². The molecule has 6 N–H and O–H groups in total. The van der Waals surface area contributed by atoms with Crippen molar-refractivity contribution in [2.75, 3.05) is 6.54 Å². The number of nitrogens with two attached hydrogens (primary N) is 1. The second-order valence-corrected chi connectivity index (χ2v) is 17.4. The van der Waals surface area contributed by atoms with Gasteiger partial charge in [0.05, 0.1) is 12.2 Å². The Bertz CT molecular complexity index is 925. The van der Waals surface area contributed by atoms with Crippen molar-refractivity contribution in [3.63, 3.8) is 0 Å². The summed E-state index contributed by atoms with van der Waals surface area (Å²) in [6, 6.07) is 0. The molecule has 0 aromatic rings. The molecule has 0 radical (unpaired) electrons. The second-order valence-electron chi connectivity index (χ2n) is 17.4. The lowest BCUT2D eigenvalue weighted by Crippen LogP contribution is -2.65. The van der Waals surface area contributed by atoms with Crippen LogP contribution in [0, 0.1) is 62.6 Å². The van der Waals surface area contributed by atoms with Crippen LogP contribution in [0.3, 0.4) is 0 Å². The largest absolute Gasteiger partial charge is 0.390 e. The summed E-state index contributed by atoms with van der Waals surface area (Å²) in [6.45, 7) is 18.0. The van der Waals surface area contributed by atoms with Crippen molar-refractivity contribution in [2.24, 2.45) is 68.3 Å². The normalized spacial score (nSPS) is 50.0. The molecule has 5 rings (SSSR count). The molecular weight excluding hydrogens is 498 g/mol. The van der Waals surface area contributed by atoms with E-state index in [-0.39, 0.29) is 12.5 Å². The van der Waals surface area contributed by atoms with Crippen LogP contribution in [0.2, 0.25) is 0 Å². The summed E-state index contributed by atoms with van der Waals surface area (Å²) in [4.78, 5) is 0. The van der Waals surface area contributed by atoms with Crippen LogP contribution < -0.4 is 5.73 Å². The lowest BCUT2D eigenvalue weighted by atomic mass is 9.32. The predicted octanol–water partition coefficient (Wildman–Crippen LogP) is 5.91. The summed E-state index contributed by atoms with van der Waals surface area (Å²) in [5.41, 5.74) is 7.54. The molecular formula is C35H63NO4. The van der Waals surface area contributed by atoms with Gasteiger partial charge in [-0.1, -0.05) is 54.9 Å². The van der Waals surface area contributed by atoms with E-state index in [9.17, 15) is 20.4 Å². The van der Waals surface area contributed by atoms with Gasteiger partial charge in [-0.05, 0) is 133 Å². The van der Waals surface area contributed by atoms with E-state index in [1.807, 2.05) is 0 Å². The summed E-state index contributed by atoms with van der Waals surface area (Å²) in [7, 11) is 0. The first-order valence-corrected chi connectivity index (χ1v) is 17.0. The molecule has 5 nitrogen and oxygen atoms in total. The third kappa shape index (κ3) is 4.41. The fraction of sp³-hybridized carbons (Fsp3) is 1.00. The summed E-state index contributed by atoms with van der Waals surface area (Å²) < 4.78 is 0. The van der Waals surface area contributed by atoms with E-state index in [4.69, 9.17) is 5.73 Å². The molecule has 5 aliphatic rings. The molecule has 5 heteroatoms. The van der Waals surface area contributed by atoms with Gasteiger partial charge in [-0.3, -0.25) is 0 Å². The van der Waals surface area contributed by atoms with Crippen molar-refractivity contribution in [3.8, 4) is 0 Å². The maximum Gasteiger partial charge on any atom is 0.109 e. The zero-order chi connectivity index (χ0) is 29.5. The van der Waals surface area contributed by atoms with Gasteiger partial charge in [0, 0.05) is 6.54 Å². The first-order chi connectivity index (χ1) is 18.6. The molecule has 40 heavy (non-hydrogen) atoms. The zero-order valence-electron chi connectivity index (χ0n) is 26.8. The lowest BCUT2D eigenvalue weighted by molar-refractivity contribution is -0.241. The fourth-order valence-corrected chi connectivity index (χ4v) is 13.3. The average Bonchev–Trinajstić information content (AvgIpc) is 3.24. The van der Waals surface area contributed by atoms with E-state index in [2.05, 4.69) is 48.5 Å². The van der Waals surface area contributed by atoms with Crippen molar-refractivity contribution in [3.05, 3.63) is 0 Å². The number of aliphatic hydroxyl groups excluding tert-OH is 4. The first kappa shape index (κ1) is 31.2. The summed E-state index contributed by atoms with van der Waals surface area (Å²) in [5.74, 6) is 3.90. The van der Waals surface area contributed by atoms with Gasteiger partial charge >= 0.3 is 0 Å². The second kappa shape index (κ2) is 10.5. The van der Waals surface area contributed by atoms with Gasteiger partial charge in [-0.15, -0.1) is 0 Å². The molecule has 0 aliphatic heterocycles. The Labute approximate surface area is 245 Å². The summed E-state index contributed by atoms with van der Waals surface area (Å²) in [5, 5.41) is 41.4. The third-order valence-corrected chi connectivity index (χ3v) is 15.5. The maximum atomic E-state index is 10.8. The molecule has 0 amide bonds. The Morgan fingerprint density at radius 1 is 0.650 bits per heavy atom. The topological polar surface area (TPSA) is 107 Å². The molecule has 0 bridgehead atoms. The minimum Gasteiger partial charge on any atom is -0.390 e. The maximum absolute atomic E-state index is 10.8. The van der Waals surface area contributed by atoms with E-state index < -0.39 is 24.4 Å². The molecule has 5 fully saturated rings. The highest BCUT2D eigenvalue weighted by Crippen LogP contribution is 2.78. The quantitative estimate of drug-likeness (QED) is 0.266. The van der Waals surface area contributed by atoms with Crippen LogP contribution in [-0.2, 0) is 0 Å². The Kier molecular flexibility index (Phi) is 8.17. The van der Waals surface area contributed by atoms with Crippen LogP contribution in [0.15, 0.2) is 0 Å². The minimum atomic E-state index is -1.42. The van der Waals surface area contributed by atoms with E-state index in [1.54, 1.807) is 0 Å².